The first-order valence-corrected chi connectivity index (χ1v) is 7.18. The van der Waals surface area contributed by atoms with Crippen LogP contribution >= 0.6 is 0 Å². The maximum Gasteiger partial charge on any atom is 0.306 e. The molecule has 0 saturated carbocycles. The van der Waals surface area contributed by atoms with E-state index in [2.05, 4.69) is 4.98 Å². The molecule has 0 spiro atoms. The van der Waals surface area contributed by atoms with E-state index >= 15 is 0 Å². The number of alkyl halides is 2. The van der Waals surface area contributed by atoms with Gasteiger partial charge in [-0.2, -0.15) is 0 Å². The average molecular weight is 295 g/mol. The first-order valence-electron chi connectivity index (χ1n) is 7.18. The molecule has 1 atom stereocenters. The highest BCUT2D eigenvalue weighted by molar-refractivity contribution is 5.71. The molecule has 114 valence electrons. The minimum atomic E-state index is -2.50. The Bertz CT molecular complexity index is 529. The van der Waals surface area contributed by atoms with Gasteiger partial charge in [-0.05, 0) is 43.7 Å². The van der Waals surface area contributed by atoms with E-state index in [4.69, 9.17) is 4.74 Å². The zero-order valence-electron chi connectivity index (χ0n) is 12.0. The molecule has 0 saturated heterocycles. The van der Waals surface area contributed by atoms with E-state index < -0.39 is 6.43 Å². The lowest BCUT2D eigenvalue weighted by atomic mass is 9.84. The van der Waals surface area contributed by atoms with Crippen molar-refractivity contribution in [2.75, 3.05) is 6.61 Å². The van der Waals surface area contributed by atoms with E-state index in [9.17, 15) is 13.6 Å². The number of halogens is 2. The number of carbonyl (C=O) groups is 1. The highest BCUT2D eigenvalue weighted by Crippen LogP contribution is 2.35. The lowest BCUT2D eigenvalue weighted by Crippen LogP contribution is -2.14. The molecule has 1 aliphatic carbocycles. The Balaban J connectivity index is 2.05. The van der Waals surface area contributed by atoms with Crippen LogP contribution in [-0.4, -0.2) is 17.6 Å². The molecule has 0 aliphatic heterocycles. The molecule has 21 heavy (non-hydrogen) atoms. The molecule has 2 rings (SSSR count). The molecular weight excluding hydrogens is 276 g/mol. The molecule has 0 radical (unpaired) electrons. The van der Waals surface area contributed by atoms with Gasteiger partial charge in [0.05, 0.1) is 6.61 Å². The van der Waals surface area contributed by atoms with Crippen LogP contribution < -0.4 is 0 Å². The molecule has 5 heteroatoms. The van der Waals surface area contributed by atoms with Crippen LogP contribution in [0.25, 0.3) is 5.57 Å². The quantitative estimate of drug-likeness (QED) is 0.766. The molecule has 3 nitrogen and oxygen atoms in total. The molecule has 0 aromatic carbocycles. The predicted molar refractivity (Wildman–Crippen MR) is 75.8 cm³/mol. The highest BCUT2D eigenvalue weighted by Gasteiger charge is 2.22. The van der Waals surface area contributed by atoms with Crippen molar-refractivity contribution < 1.29 is 18.3 Å². The minimum absolute atomic E-state index is 0.0279. The van der Waals surface area contributed by atoms with Crippen LogP contribution in [0.3, 0.4) is 0 Å². The Kier molecular flexibility index (Phi) is 5.42. The van der Waals surface area contributed by atoms with Crippen LogP contribution in [0.4, 0.5) is 8.78 Å². The van der Waals surface area contributed by atoms with Crippen molar-refractivity contribution in [3.8, 4) is 0 Å². The third-order valence-corrected chi connectivity index (χ3v) is 3.72. The monoisotopic (exact) mass is 295 g/mol. The fourth-order valence-corrected chi connectivity index (χ4v) is 2.64. The zero-order chi connectivity index (χ0) is 15.2. The molecule has 0 N–H and O–H groups in total. The van der Waals surface area contributed by atoms with Gasteiger partial charge in [0.15, 0.2) is 0 Å². The summed E-state index contributed by atoms with van der Waals surface area (Å²) < 4.78 is 30.9. The summed E-state index contributed by atoms with van der Waals surface area (Å²) in [6.45, 7) is 2.17. The second-order valence-corrected chi connectivity index (χ2v) is 5.14. The van der Waals surface area contributed by atoms with Crippen molar-refractivity contribution in [1.29, 1.82) is 0 Å². The molecule has 0 amide bonds. The van der Waals surface area contributed by atoms with Gasteiger partial charge < -0.3 is 4.74 Å². The Morgan fingerprint density at radius 1 is 1.52 bits per heavy atom. The van der Waals surface area contributed by atoms with Crippen molar-refractivity contribution in [3.05, 3.63) is 35.7 Å². The van der Waals surface area contributed by atoms with Crippen LogP contribution in [0.5, 0.6) is 0 Å². The summed E-state index contributed by atoms with van der Waals surface area (Å²) in [6.07, 6.45) is 4.95. The SMILES string of the molecule is CCOC(=O)CC1CC=C(c2cnccc2C(F)F)CC1. The van der Waals surface area contributed by atoms with Gasteiger partial charge in [-0.25, -0.2) is 8.78 Å². The third-order valence-electron chi connectivity index (χ3n) is 3.72. The minimum Gasteiger partial charge on any atom is -0.466 e. The van der Waals surface area contributed by atoms with Crippen molar-refractivity contribution in [3.63, 3.8) is 0 Å². The van der Waals surface area contributed by atoms with E-state index in [-0.39, 0.29) is 17.5 Å². The highest BCUT2D eigenvalue weighted by atomic mass is 19.3. The normalized spacial score (nSPS) is 18.5. The number of hydrogen-bond acceptors (Lipinski definition) is 3. The van der Waals surface area contributed by atoms with Gasteiger partial charge in [0.25, 0.3) is 6.43 Å². The molecule has 0 bridgehead atoms. The number of hydrogen-bond donors (Lipinski definition) is 0. The Morgan fingerprint density at radius 3 is 2.95 bits per heavy atom. The molecule has 1 heterocycles. The van der Waals surface area contributed by atoms with Gasteiger partial charge in [0.1, 0.15) is 0 Å². The summed E-state index contributed by atoms with van der Waals surface area (Å²) in [5.41, 5.74) is 1.46. The van der Waals surface area contributed by atoms with E-state index in [1.807, 2.05) is 6.08 Å². The Hall–Kier alpha value is -1.78. The Labute approximate surface area is 123 Å². The van der Waals surface area contributed by atoms with Crippen molar-refractivity contribution >= 4 is 11.5 Å². The lowest BCUT2D eigenvalue weighted by molar-refractivity contribution is -0.144. The zero-order valence-corrected chi connectivity index (χ0v) is 12.0. The van der Waals surface area contributed by atoms with Crippen molar-refractivity contribution in [1.82, 2.24) is 4.98 Å². The van der Waals surface area contributed by atoms with Crippen molar-refractivity contribution in [2.24, 2.45) is 5.92 Å². The van der Waals surface area contributed by atoms with E-state index in [0.29, 0.717) is 31.4 Å². The van der Waals surface area contributed by atoms with Crippen LogP contribution in [0.15, 0.2) is 24.5 Å². The number of aromatic nitrogens is 1. The first kappa shape index (κ1) is 15.6. The van der Waals surface area contributed by atoms with Gasteiger partial charge in [-0.3, -0.25) is 9.78 Å². The maximum absolute atomic E-state index is 13.0. The second kappa shape index (κ2) is 7.29. The van der Waals surface area contributed by atoms with E-state index in [1.54, 1.807) is 6.92 Å². The van der Waals surface area contributed by atoms with Crippen LogP contribution in [0, 0.1) is 5.92 Å². The van der Waals surface area contributed by atoms with Gasteiger partial charge in [0, 0.05) is 29.9 Å². The van der Waals surface area contributed by atoms with Crippen LogP contribution in [-0.2, 0) is 9.53 Å². The van der Waals surface area contributed by atoms with Crippen LogP contribution in [0.1, 0.15) is 50.2 Å². The summed E-state index contributed by atoms with van der Waals surface area (Å²) in [7, 11) is 0. The number of esters is 1. The second-order valence-electron chi connectivity index (χ2n) is 5.14. The number of nitrogens with zero attached hydrogens (tertiary/aromatic N) is 1. The maximum atomic E-state index is 13.0. The fourth-order valence-electron chi connectivity index (χ4n) is 2.64. The predicted octanol–water partition coefficient (Wildman–Crippen LogP) is 4.16. The molecule has 1 aliphatic rings. The third kappa shape index (κ3) is 4.09. The summed E-state index contributed by atoms with van der Waals surface area (Å²) in [5, 5.41) is 0. The summed E-state index contributed by atoms with van der Waals surface area (Å²) in [5.74, 6) is 0.0495. The fraction of sp³-hybridized carbons (Fsp3) is 0.500. The number of allylic oxidation sites excluding steroid dienone is 2. The number of pyridine rings is 1. The standard InChI is InChI=1S/C16H19F2NO2/c1-2-21-15(20)9-11-3-5-12(6-4-11)14-10-19-8-7-13(14)16(17)18/h5,7-8,10-11,16H,2-4,6,9H2,1H3. The summed E-state index contributed by atoms with van der Waals surface area (Å²) in [4.78, 5) is 15.4. The van der Waals surface area contributed by atoms with Gasteiger partial charge in [0.2, 0.25) is 0 Å². The van der Waals surface area contributed by atoms with Gasteiger partial charge >= 0.3 is 5.97 Å². The molecule has 1 aromatic heterocycles. The molecular formula is C16H19F2NO2. The smallest absolute Gasteiger partial charge is 0.306 e. The first-order chi connectivity index (χ1) is 10.1. The van der Waals surface area contributed by atoms with Crippen LogP contribution in [0.2, 0.25) is 0 Å². The average Bonchev–Trinajstić information content (AvgIpc) is 2.48. The van der Waals surface area contributed by atoms with Gasteiger partial charge in [-0.15, -0.1) is 0 Å². The van der Waals surface area contributed by atoms with Gasteiger partial charge in [-0.1, -0.05) is 6.08 Å². The summed E-state index contributed by atoms with van der Waals surface area (Å²) in [6, 6.07) is 1.37. The lowest BCUT2D eigenvalue weighted by Gasteiger charge is -2.22. The van der Waals surface area contributed by atoms with E-state index in [1.165, 1.54) is 18.5 Å². The van der Waals surface area contributed by atoms with E-state index in [0.717, 1.165) is 12.0 Å². The molecule has 1 unspecified atom stereocenters. The number of ether oxygens (including phenoxy) is 1. The Morgan fingerprint density at radius 2 is 2.33 bits per heavy atom. The molecule has 0 fully saturated rings. The molecule has 1 aromatic rings. The number of rotatable bonds is 5. The largest absolute Gasteiger partial charge is 0.466 e. The van der Waals surface area contributed by atoms with Crippen molar-refractivity contribution in [2.45, 2.75) is 39.0 Å². The topological polar surface area (TPSA) is 39.2 Å². The number of carbonyl (C=O) groups excluding carboxylic acids is 1. The summed E-state index contributed by atoms with van der Waals surface area (Å²) >= 11 is 0.